The van der Waals surface area contributed by atoms with E-state index < -0.39 is 7.60 Å². The van der Waals surface area contributed by atoms with Gasteiger partial charge >= 0.3 is 7.60 Å². The van der Waals surface area contributed by atoms with Crippen LogP contribution in [-0.2, 0) is 18.4 Å². The van der Waals surface area contributed by atoms with Crippen molar-refractivity contribution in [3.8, 4) is 0 Å². The molecule has 112 valence electrons. The highest BCUT2D eigenvalue weighted by molar-refractivity contribution is 14.1. The predicted molar refractivity (Wildman–Crippen MR) is 88.3 cm³/mol. The highest BCUT2D eigenvalue weighted by Gasteiger charge is 2.29. The van der Waals surface area contributed by atoms with E-state index in [9.17, 15) is 9.36 Å². The third-order valence-corrected chi connectivity index (χ3v) is 5.44. The fraction of sp³-hybridized carbons (Fsp3) is 0.462. The van der Waals surface area contributed by atoms with Crippen LogP contribution in [0.1, 0.15) is 13.8 Å². The van der Waals surface area contributed by atoms with Gasteiger partial charge in [-0.1, -0.05) is 12.1 Å². The first-order valence-corrected chi connectivity index (χ1v) is 9.13. The normalized spacial score (nSPS) is 11.4. The molecule has 0 aliphatic rings. The molecule has 0 spiro atoms. The Kier molecular flexibility index (Phi) is 7.15. The van der Waals surface area contributed by atoms with E-state index in [1.165, 1.54) is 4.90 Å². The second kappa shape index (κ2) is 8.12. The lowest BCUT2D eigenvalue weighted by molar-refractivity contribution is -0.116. The molecule has 0 N–H and O–H groups in total. The monoisotopic (exact) mass is 411 g/mol. The number of hydrogen-bond donors (Lipinski definition) is 0. The number of nitrogens with zero attached hydrogens (tertiary/aromatic N) is 1. The van der Waals surface area contributed by atoms with Crippen LogP contribution in [0.25, 0.3) is 0 Å². The van der Waals surface area contributed by atoms with Gasteiger partial charge in [0.1, 0.15) is 6.16 Å². The number of hydrogen-bond acceptors (Lipinski definition) is 4. The van der Waals surface area contributed by atoms with E-state index in [0.717, 1.165) is 9.26 Å². The minimum Gasteiger partial charge on any atom is -0.314 e. The van der Waals surface area contributed by atoms with Crippen molar-refractivity contribution in [3.05, 3.63) is 27.8 Å². The Morgan fingerprint density at radius 3 is 2.30 bits per heavy atom. The van der Waals surface area contributed by atoms with E-state index in [4.69, 9.17) is 9.05 Å². The molecule has 0 aliphatic heterocycles. The molecule has 1 aromatic carbocycles. The molecule has 0 radical (unpaired) electrons. The Hall–Kier alpha value is -0.430. The number of benzene rings is 1. The van der Waals surface area contributed by atoms with Crippen LogP contribution in [0.4, 0.5) is 5.69 Å². The first kappa shape index (κ1) is 17.6. The number of para-hydroxylation sites is 1. The predicted octanol–water partition coefficient (Wildman–Crippen LogP) is 3.52. The summed E-state index contributed by atoms with van der Waals surface area (Å²) in [5.74, 6) is -0.292. The molecular weight excluding hydrogens is 392 g/mol. The molecular formula is C13H19INO4P. The number of rotatable bonds is 7. The van der Waals surface area contributed by atoms with Crippen LogP contribution < -0.4 is 4.90 Å². The largest absolute Gasteiger partial charge is 0.340 e. The van der Waals surface area contributed by atoms with Crippen LogP contribution in [0.2, 0.25) is 0 Å². The van der Waals surface area contributed by atoms with Crippen LogP contribution in [0.3, 0.4) is 0 Å². The smallest absolute Gasteiger partial charge is 0.314 e. The fourth-order valence-electron chi connectivity index (χ4n) is 1.65. The van der Waals surface area contributed by atoms with Crippen molar-refractivity contribution in [1.82, 2.24) is 0 Å². The standard InChI is InChI=1S/C13H19INO4P/c1-4-18-20(17,19-5-2)10-13(16)15(3)12-9-7-6-8-11(12)14/h6-9H,4-5,10H2,1-3H3. The summed E-state index contributed by atoms with van der Waals surface area (Å²) >= 11 is 2.15. The third-order valence-electron chi connectivity index (χ3n) is 2.57. The number of halogens is 1. The zero-order chi connectivity index (χ0) is 15.2. The van der Waals surface area contributed by atoms with Crippen LogP contribution in [0.5, 0.6) is 0 Å². The molecule has 5 nitrogen and oxygen atoms in total. The first-order valence-electron chi connectivity index (χ1n) is 6.32. The third kappa shape index (κ3) is 4.84. The number of amides is 1. The van der Waals surface area contributed by atoms with Gasteiger partial charge in [0.15, 0.2) is 0 Å². The van der Waals surface area contributed by atoms with Gasteiger partial charge < -0.3 is 13.9 Å². The van der Waals surface area contributed by atoms with E-state index in [1.807, 2.05) is 24.3 Å². The zero-order valence-corrected chi connectivity index (χ0v) is 14.9. The summed E-state index contributed by atoms with van der Waals surface area (Å²) in [6, 6.07) is 7.50. The molecule has 0 saturated heterocycles. The lowest BCUT2D eigenvalue weighted by Crippen LogP contribution is -2.30. The lowest BCUT2D eigenvalue weighted by Gasteiger charge is -2.22. The highest BCUT2D eigenvalue weighted by Crippen LogP contribution is 2.48. The zero-order valence-electron chi connectivity index (χ0n) is 11.8. The maximum atomic E-state index is 12.4. The number of carbonyl (C=O) groups excluding carboxylic acids is 1. The van der Waals surface area contributed by atoms with Gasteiger partial charge in [0.05, 0.1) is 18.9 Å². The molecule has 0 unspecified atom stereocenters. The molecule has 0 atom stereocenters. The van der Waals surface area contributed by atoms with Gasteiger partial charge in [-0.3, -0.25) is 9.36 Å². The van der Waals surface area contributed by atoms with Gasteiger partial charge in [-0.15, -0.1) is 0 Å². The van der Waals surface area contributed by atoms with Crippen molar-refractivity contribution in [2.45, 2.75) is 13.8 Å². The van der Waals surface area contributed by atoms with Crippen LogP contribution in [-0.4, -0.2) is 32.3 Å². The Balaban J connectivity index is 2.84. The summed E-state index contributed by atoms with van der Waals surface area (Å²) in [5, 5.41) is 0. The molecule has 20 heavy (non-hydrogen) atoms. The van der Waals surface area contributed by atoms with Gasteiger partial charge in [0, 0.05) is 10.6 Å². The summed E-state index contributed by atoms with van der Waals surface area (Å²) in [5.41, 5.74) is 0.776. The lowest BCUT2D eigenvalue weighted by atomic mass is 10.3. The molecule has 1 amide bonds. The fourth-order valence-corrected chi connectivity index (χ4v) is 3.99. The van der Waals surface area contributed by atoms with Crippen LogP contribution in [0.15, 0.2) is 24.3 Å². The molecule has 0 aliphatic carbocycles. The first-order chi connectivity index (χ1) is 9.43. The summed E-state index contributed by atoms with van der Waals surface area (Å²) < 4.78 is 23.6. The Morgan fingerprint density at radius 1 is 1.25 bits per heavy atom. The minimum absolute atomic E-state index is 0.247. The van der Waals surface area contributed by atoms with Crippen molar-refractivity contribution in [3.63, 3.8) is 0 Å². The van der Waals surface area contributed by atoms with E-state index in [0.29, 0.717) is 0 Å². The van der Waals surface area contributed by atoms with Crippen molar-refractivity contribution >= 4 is 41.8 Å². The van der Waals surface area contributed by atoms with Crippen molar-refractivity contribution < 1.29 is 18.4 Å². The topological polar surface area (TPSA) is 55.8 Å². The molecule has 0 bridgehead atoms. The quantitative estimate of drug-likeness (QED) is 0.509. The number of carbonyl (C=O) groups is 1. The highest BCUT2D eigenvalue weighted by atomic mass is 127. The van der Waals surface area contributed by atoms with Crippen molar-refractivity contribution in [2.24, 2.45) is 0 Å². The van der Waals surface area contributed by atoms with Crippen molar-refractivity contribution in [1.29, 1.82) is 0 Å². The molecule has 0 fully saturated rings. The second-order valence-corrected chi connectivity index (χ2v) is 7.23. The van der Waals surface area contributed by atoms with Crippen LogP contribution >= 0.6 is 30.2 Å². The van der Waals surface area contributed by atoms with E-state index in [1.54, 1.807) is 20.9 Å². The molecule has 7 heteroatoms. The Labute approximate surface area is 133 Å². The maximum absolute atomic E-state index is 12.4. The SMILES string of the molecule is CCOP(=O)(CC(=O)N(C)c1ccccc1I)OCC. The summed E-state index contributed by atoms with van der Waals surface area (Å²) in [6.45, 7) is 3.94. The molecule has 1 rings (SSSR count). The molecule has 1 aromatic rings. The van der Waals surface area contributed by atoms with Crippen molar-refractivity contribution in [2.75, 3.05) is 31.3 Å². The molecule has 0 saturated carbocycles. The Morgan fingerprint density at radius 2 is 1.80 bits per heavy atom. The van der Waals surface area contributed by atoms with E-state index >= 15 is 0 Å². The summed E-state index contributed by atoms with van der Waals surface area (Å²) in [6.07, 6.45) is -0.254. The van der Waals surface area contributed by atoms with Gasteiger partial charge in [0.25, 0.3) is 0 Å². The maximum Gasteiger partial charge on any atom is 0.340 e. The van der Waals surface area contributed by atoms with Crippen LogP contribution in [0, 0.1) is 3.57 Å². The molecule has 0 aromatic heterocycles. The van der Waals surface area contributed by atoms with Gasteiger partial charge in [0.2, 0.25) is 5.91 Å². The minimum atomic E-state index is -3.36. The van der Waals surface area contributed by atoms with E-state index in [-0.39, 0.29) is 25.3 Å². The van der Waals surface area contributed by atoms with Gasteiger partial charge in [-0.05, 0) is 48.6 Å². The van der Waals surface area contributed by atoms with E-state index in [2.05, 4.69) is 22.6 Å². The second-order valence-electron chi connectivity index (χ2n) is 4.01. The summed E-state index contributed by atoms with van der Waals surface area (Å²) in [4.78, 5) is 13.7. The average Bonchev–Trinajstić information content (AvgIpc) is 2.38. The number of anilines is 1. The van der Waals surface area contributed by atoms with Gasteiger partial charge in [-0.2, -0.15) is 0 Å². The average molecular weight is 411 g/mol. The summed E-state index contributed by atoms with van der Waals surface area (Å²) in [7, 11) is -1.70. The molecule has 0 heterocycles. The Bertz CT molecular complexity index is 499. The van der Waals surface area contributed by atoms with Gasteiger partial charge in [-0.25, -0.2) is 0 Å².